The molecule has 0 unspecified atom stereocenters. The van der Waals surface area contributed by atoms with Crippen LogP contribution in [0, 0.1) is 11.3 Å². The monoisotopic (exact) mass is 255 g/mol. The topological polar surface area (TPSA) is 62.5 Å². The van der Waals surface area contributed by atoms with Gasteiger partial charge in [0.1, 0.15) is 23.9 Å². The van der Waals surface area contributed by atoms with Gasteiger partial charge in [0.2, 0.25) is 0 Å². The fraction of sp³-hybridized carbons (Fsp3) is 0.133. The first kappa shape index (κ1) is 12.8. The van der Waals surface area contributed by atoms with Gasteiger partial charge in [-0.05, 0) is 29.8 Å². The third kappa shape index (κ3) is 3.39. The molecule has 0 bridgehead atoms. The largest absolute Gasteiger partial charge is 0.508 e. The molecule has 0 aliphatic carbocycles. The maximum atomic E-state index is 9.36. The van der Waals surface area contributed by atoms with E-state index in [4.69, 9.17) is 14.7 Å². The van der Waals surface area contributed by atoms with Gasteiger partial charge >= 0.3 is 0 Å². The molecule has 2 aromatic carbocycles. The minimum atomic E-state index is 0.199. The minimum Gasteiger partial charge on any atom is -0.508 e. The maximum Gasteiger partial charge on any atom is 0.124 e. The van der Waals surface area contributed by atoms with Crippen molar-refractivity contribution in [1.82, 2.24) is 0 Å². The maximum absolute atomic E-state index is 9.36. The Morgan fingerprint density at radius 2 is 1.95 bits per heavy atom. The van der Waals surface area contributed by atoms with E-state index in [2.05, 4.69) is 0 Å². The number of hydrogen-bond donors (Lipinski definition) is 1. The molecular weight excluding hydrogens is 242 g/mol. The first-order valence-electron chi connectivity index (χ1n) is 5.71. The Balaban J connectivity index is 2.13. The first-order valence-corrected chi connectivity index (χ1v) is 5.71. The zero-order valence-corrected chi connectivity index (χ0v) is 10.5. The van der Waals surface area contributed by atoms with Crippen LogP contribution < -0.4 is 9.47 Å². The van der Waals surface area contributed by atoms with Crippen molar-refractivity contribution in [2.75, 3.05) is 7.11 Å². The number of phenols is 1. The molecule has 0 spiro atoms. The summed E-state index contributed by atoms with van der Waals surface area (Å²) >= 11 is 0. The van der Waals surface area contributed by atoms with Gasteiger partial charge in [-0.25, -0.2) is 0 Å². The van der Waals surface area contributed by atoms with Crippen molar-refractivity contribution in [3.8, 4) is 23.3 Å². The average molecular weight is 255 g/mol. The summed E-state index contributed by atoms with van der Waals surface area (Å²) in [5.74, 6) is 1.33. The quantitative estimate of drug-likeness (QED) is 0.912. The van der Waals surface area contributed by atoms with Gasteiger partial charge < -0.3 is 14.6 Å². The van der Waals surface area contributed by atoms with E-state index in [0.717, 1.165) is 5.56 Å². The van der Waals surface area contributed by atoms with Gasteiger partial charge in [0.25, 0.3) is 0 Å². The van der Waals surface area contributed by atoms with Crippen molar-refractivity contribution in [2.45, 2.75) is 6.61 Å². The summed E-state index contributed by atoms with van der Waals surface area (Å²) in [5.41, 5.74) is 1.33. The van der Waals surface area contributed by atoms with E-state index in [9.17, 15) is 5.11 Å². The second-order valence-corrected chi connectivity index (χ2v) is 3.97. The van der Waals surface area contributed by atoms with E-state index in [1.807, 2.05) is 12.1 Å². The molecule has 0 radical (unpaired) electrons. The summed E-state index contributed by atoms with van der Waals surface area (Å²) in [5, 5.41) is 18.3. The van der Waals surface area contributed by atoms with E-state index in [1.54, 1.807) is 36.4 Å². The summed E-state index contributed by atoms with van der Waals surface area (Å²) in [7, 11) is 1.54. The molecule has 2 rings (SSSR count). The molecule has 4 nitrogen and oxygen atoms in total. The first-order chi connectivity index (χ1) is 9.21. The van der Waals surface area contributed by atoms with Crippen molar-refractivity contribution in [1.29, 1.82) is 5.26 Å². The highest BCUT2D eigenvalue weighted by Crippen LogP contribution is 2.23. The number of benzene rings is 2. The molecule has 0 heterocycles. The molecule has 0 fully saturated rings. The zero-order valence-electron chi connectivity index (χ0n) is 10.5. The highest BCUT2D eigenvalue weighted by atomic mass is 16.5. The molecular formula is C15H13NO3. The minimum absolute atomic E-state index is 0.199. The Labute approximate surface area is 111 Å². The predicted octanol–water partition coefficient (Wildman–Crippen LogP) is 2.85. The predicted molar refractivity (Wildman–Crippen MR) is 70.1 cm³/mol. The van der Waals surface area contributed by atoms with Gasteiger partial charge in [0.05, 0.1) is 18.7 Å². The van der Waals surface area contributed by atoms with E-state index in [0.29, 0.717) is 23.7 Å². The summed E-state index contributed by atoms with van der Waals surface area (Å²) in [4.78, 5) is 0. The van der Waals surface area contributed by atoms with E-state index in [-0.39, 0.29) is 5.75 Å². The van der Waals surface area contributed by atoms with Crippen LogP contribution in [-0.4, -0.2) is 12.2 Å². The highest BCUT2D eigenvalue weighted by Gasteiger charge is 2.03. The third-order valence-electron chi connectivity index (χ3n) is 2.56. The van der Waals surface area contributed by atoms with Crippen LogP contribution in [0.25, 0.3) is 0 Å². The van der Waals surface area contributed by atoms with Gasteiger partial charge in [0, 0.05) is 6.07 Å². The fourth-order valence-corrected chi connectivity index (χ4v) is 1.65. The Morgan fingerprint density at radius 3 is 2.63 bits per heavy atom. The lowest BCUT2D eigenvalue weighted by Gasteiger charge is -2.08. The number of nitrogens with zero attached hydrogens (tertiary/aromatic N) is 1. The SMILES string of the molecule is COc1cc(C#N)cc(OCc2cccc(O)c2)c1. The molecule has 2 aromatic rings. The Bertz CT molecular complexity index is 617. The Morgan fingerprint density at radius 1 is 1.16 bits per heavy atom. The number of phenolic OH excluding ortho intramolecular Hbond substituents is 1. The molecule has 0 saturated carbocycles. The average Bonchev–Trinajstić information content (AvgIpc) is 2.44. The van der Waals surface area contributed by atoms with Crippen molar-refractivity contribution < 1.29 is 14.6 Å². The van der Waals surface area contributed by atoms with Crippen LogP contribution in [0.2, 0.25) is 0 Å². The standard InChI is InChI=1S/C15H13NO3/c1-18-14-6-12(9-16)7-15(8-14)19-10-11-3-2-4-13(17)5-11/h2-8,17H,10H2,1H3. The number of ether oxygens (including phenoxy) is 2. The summed E-state index contributed by atoms with van der Waals surface area (Å²) in [6, 6.07) is 13.9. The van der Waals surface area contributed by atoms with Crippen LogP contribution in [0.4, 0.5) is 0 Å². The van der Waals surface area contributed by atoms with Crippen LogP contribution in [-0.2, 0) is 6.61 Å². The van der Waals surface area contributed by atoms with Crippen LogP contribution in [0.15, 0.2) is 42.5 Å². The molecule has 0 aliphatic rings. The molecule has 0 aliphatic heterocycles. The molecule has 0 aromatic heterocycles. The second-order valence-electron chi connectivity index (χ2n) is 3.97. The molecule has 4 heteroatoms. The lowest BCUT2D eigenvalue weighted by molar-refractivity contribution is 0.303. The van der Waals surface area contributed by atoms with Crippen molar-refractivity contribution in [3.63, 3.8) is 0 Å². The van der Waals surface area contributed by atoms with Crippen molar-refractivity contribution >= 4 is 0 Å². The lowest BCUT2D eigenvalue weighted by atomic mass is 10.2. The number of hydrogen-bond acceptors (Lipinski definition) is 4. The van der Waals surface area contributed by atoms with Gasteiger partial charge in [-0.3, -0.25) is 0 Å². The summed E-state index contributed by atoms with van der Waals surface area (Å²) in [6.45, 7) is 0.312. The number of aromatic hydroxyl groups is 1. The molecule has 19 heavy (non-hydrogen) atoms. The smallest absolute Gasteiger partial charge is 0.124 e. The number of rotatable bonds is 4. The van der Waals surface area contributed by atoms with Gasteiger partial charge in [-0.1, -0.05) is 12.1 Å². The number of methoxy groups -OCH3 is 1. The van der Waals surface area contributed by atoms with E-state index >= 15 is 0 Å². The van der Waals surface area contributed by atoms with Crippen LogP contribution >= 0.6 is 0 Å². The number of nitriles is 1. The van der Waals surface area contributed by atoms with Crippen LogP contribution in [0.1, 0.15) is 11.1 Å². The Kier molecular flexibility index (Phi) is 3.89. The second kappa shape index (κ2) is 5.78. The van der Waals surface area contributed by atoms with Crippen molar-refractivity contribution in [2.24, 2.45) is 0 Å². The third-order valence-corrected chi connectivity index (χ3v) is 2.56. The molecule has 0 amide bonds. The van der Waals surface area contributed by atoms with Crippen LogP contribution in [0.5, 0.6) is 17.2 Å². The zero-order chi connectivity index (χ0) is 13.7. The summed E-state index contributed by atoms with van der Waals surface area (Å²) < 4.78 is 10.7. The van der Waals surface area contributed by atoms with E-state index in [1.165, 1.54) is 7.11 Å². The summed E-state index contributed by atoms with van der Waals surface area (Å²) in [6.07, 6.45) is 0. The molecule has 1 N–H and O–H groups in total. The van der Waals surface area contributed by atoms with Gasteiger partial charge in [-0.15, -0.1) is 0 Å². The lowest BCUT2D eigenvalue weighted by Crippen LogP contribution is -1.96. The van der Waals surface area contributed by atoms with Gasteiger partial charge in [0.15, 0.2) is 0 Å². The molecule has 0 atom stereocenters. The fourth-order valence-electron chi connectivity index (χ4n) is 1.65. The normalized spacial score (nSPS) is 9.68. The van der Waals surface area contributed by atoms with E-state index < -0.39 is 0 Å². The molecule has 96 valence electrons. The van der Waals surface area contributed by atoms with Gasteiger partial charge in [-0.2, -0.15) is 5.26 Å². The highest BCUT2D eigenvalue weighted by molar-refractivity contribution is 5.44. The van der Waals surface area contributed by atoms with Crippen LogP contribution in [0.3, 0.4) is 0 Å². The molecule has 0 saturated heterocycles. The van der Waals surface area contributed by atoms with Crippen molar-refractivity contribution in [3.05, 3.63) is 53.6 Å². The Hall–Kier alpha value is -2.67.